The predicted octanol–water partition coefficient (Wildman–Crippen LogP) is 1.67. The molecule has 1 saturated heterocycles. The molecule has 7 heteroatoms. The Balaban J connectivity index is 0.00000242. The van der Waals surface area contributed by atoms with Crippen LogP contribution >= 0.6 is 12.4 Å². The minimum atomic E-state index is -3.43. The Hall–Kier alpha value is -0.660. The second-order valence-corrected chi connectivity index (χ2v) is 7.77. The first-order valence-electron chi connectivity index (χ1n) is 7.40. The lowest BCUT2D eigenvalue weighted by atomic mass is 10.1. The zero-order valence-electron chi connectivity index (χ0n) is 13.2. The number of sulfonamides is 1. The van der Waals surface area contributed by atoms with Crippen LogP contribution in [0.3, 0.4) is 0 Å². The predicted molar refractivity (Wildman–Crippen MR) is 91.7 cm³/mol. The highest BCUT2D eigenvalue weighted by atomic mass is 35.5. The van der Waals surface area contributed by atoms with Crippen LogP contribution < -0.4 is 5.73 Å². The van der Waals surface area contributed by atoms with Gasteiger partial charge >= 0.3 is 0 Å². The van der Waals surface area contributed by atoms with E-state index in [1.165, 1.54) is 0 Å². The Kier molecular flexibility index (Phi) is 7.28. The van der Waals surface area contributed by atoms with Crippen molar-refractivity contribution in [1.82, 2.24) is 9.21 Å². The van der Waals surface area contributed by atoms with Crippen LogP contribution in [0.1, 0.15) is 24.8 Å². The maximum atomic E-state index is 12.7. The van der Waals surface area contributed by atoms with Crippen LogP contribution in [-0.4, -0.2) is 50.8 Å². The Labute approximate surface area is 139 Å². The van der Waals surface area contributed by atoms with Gasteiger partial charge in [-0.15, -0.1) is 12.4 Å². The van der Waals surface area contributed by atoms with E-state index in [1.54, 1.807) is 16.4 Å². The van der Waals surface area contributed by atoms with Crippen LogP contribution in [-0.2, 0) is 16.6 Å². The van der Waals surface area contributed by atoms with Crippen molar-refractivity contribution < 1.29 is 8.42 Å². The SMILES string of the molecule is CN(C)Cc1ccc(S(=O)(=O)N2CCCCC2CN)cc1.Cl. The Bertz CT molecular complexity index is 561. The van der Waals surface area contributed by atoms with Gasteiger partial charge < -0.3 is 10.6 Å². The van der Waals surface area contributed by atoms with Gasteiger partial charge in [-0.05, 0) is 44.6 Å². The molecule has 1 aromatic rings. The second kappa shape index (κ2) is 8.26. The van der Waals surface area contributed by atoms with Gasteiger partial charge in [0.15, 0.2) is 0 Å². The third-order valence-electron chi connectivity index (χ3n) is 3.87. The Morgan fingerprint density at radius 3 is 2.41 bits per heavy atom. The second-order valence-electron chi connectivity index (χ2n) is 5.88. The number of nitrogens with two attached hydrogens (primary N) is 1. The van der Waals surface area contributed by atoms with Crippen LogP contribution in [0.25, 0.3) is 0 Å². The van der Waals surface area contributed by atoms with Crippen molar-refractivity contribution in [3.05, 3.63) is 29.8 Å². The minimum absolute atomic E-state index is 0. The van der Waals surface area contributed by atoms with Crippen LogP contribution in [0.5, 0.6) is 0 Å². The zero-order chi connectivity index (χ0) is 15.5. The molecular weight excluding hydrogens is 322 g/mol. The molecule has 5 nitrogen and oxygen atoms in total. The van der Waals surface area contributed by atoms with E-state index in [-0.39, 0.29) is 18.4 Å². The van der Waals surface area contributed by atoms with Crippen molar-refractivity contribution in [2.75, 3.05) is 27.2 Å². The van der Waals surface area contributed by atoms with Gasteiger partial charge in [-0.2, -0.15) is 4.31 Å². The summed E-state index contributed by atoms with van der Waals surface area (Å²) in [6.45, 7) is 1.76. The summed E-state index contributed by atoms with van der Waals surface area (Å²) >= 11 is 0. The Morgan fingerprint density at radius 1 is 1.23 bits per heavy atom. The van der Waals surface area contributed by atoms with Gasteiger partial charge in [-0.1, -0.05) is 18.6 Å². The van der Waals surface area contributed by atoms with E-state index in [9.17, 15) is 8.42 Å². The summed E-state index contributed by atoms with van der Waals surface area (Å²) in [6.07, 6.45) is 2.82. The largest absolute Gasteiger partial charge is 0.329 e. The molecule has 126 valence electrons. The van der Waals surface area contributed by atoms with E-state index in [0.717, 1.165) is 31.4 Å². The van der Waals surface area contributed by atoms with Gasteiger partial charge in [0.2, 0.25) is 10.0 Å². The molecule has 1 aliphatic heterocycles. The maximum Gasteiger partial charge on any atom is 0.243 e. The summed E-state index contributed by atoms with van der Waals surface area (Å²) in [5, 5.41) is 0. The van der Waals surface area contributed by atoms with E-state index in [4.69, 9.17) is 5.73 Å². The molecule has 1 heterocycles. The number of benzene rings is 1. The van der Waals surface area contributed by atoms with Crippen molar-refractivity contribution in [2.24, 2.45) is 5.73 Å². The van der Waals surface area contributed by atoms with E-state index in [2.05, 4.69) is 4.90 Å². The van der Waals surface area contributed by atoms with Crippen molar-refractivity contribution in [1.29, 1.82) is 0 Å². The molecule has 0 amide bonds. The molecule has 0 saturated carbocycles. The molecule has 0 radical (unpaired) electrons. The first-order valence-corrected chi connectivity index (χ1v) is 8.84. The lowest BCUT2D eigenvalue weighted by molar-refractivity contribution is 0.257. The molecule has 1 fully saturated rings. The molecule has 1 unspecified atom stereocenters. The van der Waals surface area contributed by atoms with E-state index < -0.39 is 10.0 Å². The van der Waals surface area contributed by atoms with Gasteiger partial charge in [0.25, 0.3) is 0 Å². The highest BCUT2D eigenvalue weighted by molar-refractivity contribution is 7.89. The zero-order valence-corrected chi connectivity index (χ0v) is 14.9. The van der Waals surface area contributed by atoms with E-state index in [0.29, 0.717) is 18.0 Å². The molecule has 0 aromatic heterocycles. The monoisotopic (exact) mass is 347 g/mol. The Morgan fingerprint density at radius 2 is 1.86 bits per heavy atom. The molecule has 0 bridgehead atoms. The van der Waals surface area contributed by atoms with Gasteiger partial charge in [0, 0.05) is 25.7 Å². The fourth-order valence-electron chi connectivity index (χ4n) is 2.79. The number of hydrogen-bond donors (Lipinski definition) is 1. The molecule has 0 aliphatic carbocycles. The molecule has 2 N–H and O–H groups in total. The van der Waals surface area contributed by atoms with E-state index >= 15 is 0 Å². The number of rotatable bonds is 5. The summed E-state index contributed by atoms with van der Waals surface area (Å²) < 4.78 is 27.1. The maximum absolute atomic E-state index is 12.7. The van der Waals surface area contributed by atoms with Crippen LogP contribution in [0.2, 0.25) is 0 Å². The molecule has 1 atom stereocenters. The van der Waals surface area contributed by atoms with Crippen molar-refractivity contribution in [3.63, 3.8) is 0 Å². The van der Waals surface area contributed by atoms with Gasteiger partial charge in [-0.25, -0.2) is 8.42 Å². The van der Waals surface area contributed by atoms with Crippen molar-refractivity contribution in [3.8, 4) is 0 Å². The standard InChI is InChI=1S/C15H25N3O2S.ClH/c1-17(2)12-13-6-8-15(9-7-13)21(19,20)18-10-4-3-5-14(18)11-16;/h6-9,14H,3-5,10-12,16H2,1-2H3;1H. The summed E-state index contributed by atoms with van der Waals surface area (Å²) in [7, 11) is 0.552. The highest BCUT2D eigenvalue weighted by Crippen LogP contribution is 2.25. The van der Waals surface area contributed by atoms with Gasteiger partial charge in [0.1, 0.15) is 0 Å². The van der Waals surface area contributed by atoms with Crippen molar-refractivity contribution in [2.45, 2.75) is 36.7 Å². The average Bonchev–Trinajstić information content (AvgIpc) is 2.47. The number of nitrogens with zero attached hydrogens (tertiary/aromatic N) is 2. The fourth-order valence-corrected chi connectivity index (χ4v) is 4.50. The number of piperidine rings is 1. The number of halogens is 1. The third-order valence-corrected chi connectivity index (χ3v) is 5.84. The topological polar surface area (TPSA) is 66.6 Å². The third kappa shape index (κ3) is 4.43. The first kappa shape index (κ1) is 19.4. The molecule has 1 aromatic carbocycles. The summed E-state index contributed by atoms with van der Waals surface area (Å²) in [6, 6.07) is 7.11. The molecular formula is C15H26ClN3O2S. The lowest BCUT2D eigenvalue weighted by Crippen LogP contribution is -2.47. The summed E-state index contributed by atoms with van der Waals surface area (Å²) in [4.78, 5) is 2.42. The van der Waals surface area contributed by atoms with Crippen LogP contribution in [0.4, 0.5) is 0 Å². The molecule has 2 rings (SSSR count). The number of hydrogen-bond acceptors (Lipinski definition) is 4. The molecule has 0 spiro atoms. The molecule has 22 heavy (non-hydrogen) atoms. The average molecular weight is 348 g/mol. The van der Waals surface area contributed by atoms with Gasteiger partial charge in [-0.3, -0.25) is 0 Å². The van der Waals surface area contributed by atoms with Crippen LogP contribution in [0, 0.1) is 0 Å². The van der Waals surface area contributed by atoms with Gasteiger partial charge in [0.05, 0.1) is 4.90 Å². The fraction of sp³-hybridized carbons (Fsp3) is 0.600. The van der Waals surface area contributed by atoms with E-state index in [1.807, 2.05) is 26.2 Å². The van der Waals surface area contributed by atoms with Crippen LogP contribution in [0.15, 0.2) is 29.2 Å². The quantitative estimate of drug-likeness (QED) is 0.879. The van der Waals surface area contributed by atoms with Crippen molar-refractivity contribution >= 4 is 22.4 Å². The first-order chi connectivity index (χ1) is 9.95. The summed E-state index contributed by atoms with van der Waals surface area (Å²) in [5.74, 6) is 0. The minimum Gasteiger partial charge on any atom is -0.329 e. The smallest absolute Gasteiger partial charge is 0.243 e. The highest BCUT2D eigenvalue weighted by Gasteiger charge is 2.32. The summed E-state index contributed by atoms with van der Waals surface area (Å²) in [5.41, 5.74) is 6.84. The molecule has 1 aliphatic rings. The lowest BCUT2D eigenvalue weighted by Gasteiger charge is -2.33. The normalized spacial score (nSPS) is 19.9.